The molecule has 0 saturated heterocycles. The molecular weight excluding hydrogens is 368 g/mol. The monoisotopic (exact) mass is 398 g/mol. The first-order valence-electron chi connectivity index (χ1n) is 9.82. The Kier molecular flexibility index (Phi) is 8.18. The van der Waals surface area contributed by atoms with Crippen molar-refractivity contribution in [1.82, 2.24) is 15.0 Å². The van der Waals surface area contributed by atoms with Crippen molar-refractivity contribution in [2.45, 2.75) is 34.1 Å². The van der Waals surface area contributed by atoms with Crippen molar-refractivity contribution in [3.05, 3.63) is 53.5 Å². The lowest BCUT2D eigenvalue weighted by atomic mass is 10.1. The van der Waals surface area contributed by atoms with Gasteiger partial charge in [0.05, 0.1) is 17.8 Å². The molecule has 3 rings (SSSR count). The summed E-state index contributed by atoms with van der Waals surface area (Å²) in [6, 6.07) is 7.98. The van der Waals surface area contributed by atoms with Crippen LogP contribution in [0.4, 0.5) is 11.4 Å². The molecule has 0 spiro atoms. The molecule has 2 heterocycles. The van der Waals surface area contributed by atoms with Gasteiger partial charge in [-0.15, -0.1) is 0 Å². The van der Waals surface area contributed by atoms with Gasteiger partial charge in [-0.25, -0.2) is 5.48 Å². The van der Waals surface area contributed by atoms with E-state index < -0.39 is 0 Å². The maximum atomic E-state index is 12.8. The molecule has 0 aliphatic carbocycles. The molecule has 7 heteroatoms. The number of fused-ring (bicyclic) bond motifs is 1. The minimum Gasteiger partial charge on any atom is -0.396 e. The average Bonchev–Trinajstić information content (AvgIpc) is 3.01. The van der Waals surface area contributed by atoms with Gasteiger partial charge in [0.1, 0.15) is 5.69 Å². The van der Waals surface area contributed by atoms with Crippen molar-refractivity contribution >= 4 is 28.2 Å². The molecule has 29 heavy (non-hydrogen) atoms. The predicted octanol–water partition coefficient (Wildman–Crippen LogP) is 4.00. The molecule has 0 radical (unpaired) electrons. The van der Waals surface area contributed by atoms with Gasteiger partial charge in [0.2, 0.25) is 0 Å². The van der Waals surface area contributed by atoms with E-state index in [2.05, 4.69) is 21.8 Å². The summed E-state index contributed by atoms with van der Waals surface area (Å²) in [4.78, 5) is 22.1. The van der Waals surface area contributed by atoms with Gasteiger partial charge in [-0.1, -0.05) is 31.5 Å². The number of nitrogens with zero attached hydrogens (tertiary/aromatic N) is 2. The molecular formula is C22H30N4O3. The lowest BCUT2D eigenvalue weighted by Crippen LogP contribution is -2.27. The number of anilines is 2. The number of aliphatic hydroxyl groups excluding tert-OH is 1. The smallest absolute Gasteiger partial charge is 0.293 e. The van der Waals surface area contributed by atoms with Crippen LogP contribution in [-0.4, -0.2) is 33.8 Å². The lowest BCUT2D eigenvalue weighted by molar-refractivity contribution is 0.0256. The Labute approximate surface area is 171 Å². The number of aliphatic hydroxyl groups is 1. The fourth-order valence-electron chi connectivity index (χ4n) is 3.07. The zero-order chi connectivity index (χ0) is 21.4. The van der Waals surface area contributed by atoms with Gasteiger partial charge in [-0.3, -0.25) is 14.6 Å². The number of aryl methyl sites for hydroxylation is 3. The zero-order valence-corrected chi connectivity index (χ0v) is 17.7. The molecule has 7 nitrogen and oxygen atoms in total. The van der Waals surface area contributed by atoms with Crippen LogP contribution in [0.3, 0.4) is 0 Å². The molecule has 2 aromatic heterocycles. The fourth-order valence-corrected chi connectivity index (χ4v) is 3.07. The van der Waals surface area contributed by atoms with E-state index in [9.17, 15) is 4.79 Å². The molecule has 3 aromatic rings. The first-order valence-corrected chi connectivity index (χ1v) is 9.82. The highest BCUT2D eigenvalue weighted by molar-refractivity contribution is 6.09. The van der Waals surface area contributed by atoms with Gasteiger partial charge in [0, 0.05) is 37.1 Å². The normalized spacial score (nSPS) is 10.4. The number of rotatable bonds is 7. The minimum atomic E-state index is -0.362. The number of hydrogen-bond acceptors (Lipinski definition) is 5. The van der Waals surface area contributed by atoms with Crippen LogP contribution in [0, 0.1) is 13.8 Å². The van der Waals surface area contributed by atoms with Gasteiger partial charge in [-0.05, 0) is 38.0 Å². The molecule has 0 aliphatic rings. The zero-order valence-electron chi connectivity index (χ0n) is 17.7. The minimum absolute atomic E-state index is 0.00901. The number of carbonyl (C=O) groups excluding carboxylic acids is 1. The third kappa shape index (κ3) is 5.13. The van der Waals surface area contributed by atoms with Crippen molar-refractivity contribution in [1.29, 1.82) is 0 Å². The maximum Gasteiger partial charge on any atom is 0.293 e. The van der Waals surface area contributed by atoms with E-state index >= 15 is 0 Å². The number of pyridine rings is 1. The molecule has 3 N–H and O–H groups in total. The first kappa shape index (κ1) is 22.4. The quantitative estimate of drug-likeness (QED) is 0.413. The summed E-state index contributed by atoms with van der Waals surface area (Å²) >= 11 is 0. The highest BCUT2D eigenvalue weighted by atomic mass is 16.6. The number of amides is 1. The summed E-state index contributed by atoms with van der Waals surface area (Å²) in [7, 11) is 1.83. The standard InChI is InChI=1S/C20H24N4O3.C2H6/c1-13-5-6-16(14(2)11-13)22-18-15-12-21-8-7-17(15)24(3)19(18)20(26)23-27-10-4-9-25;1-2/h5-8,11-12,22,25H,4,9-10H2,1-3H3,(H,23,26);1-2H3. The number of aromatic nitrogens is 2. The highest BCUT2D eigenvalue weighted by Crippen LogP contribution is 2.33. The largest absolute Gasteiger partial charge is 0.396 e. The Morgan fingerprint density at radius 1 is 1.24 bits per heavy atom. The van der Waals surface area contributed by atoms with E-state index in [-0.39, 0.29) is 19.1 Å². The Balaban J connectivity index is 0.00000145. The summed E-state index contributed by atoms with van der Waals surface area (Å²) < 4.78 is 1.81. The van der Waals surface area contributed by atoms with Gasteiger partial charge >= 0.3 is 0 Å². The van der Waals surface area contributed by atoms with Gasteiger partial charge < -0.3 is 15.0 Å². The second kappa shape index (κ2) is 10.6. The van der Waals surface area contributed by atoms with Crippen molar-refractivity contribution in [3.8, 4) is 0 Å². The van der Waals surface area contributed by atoms with Crippen LogP contribution in [0.2, 0.25) is 0 Å². The third-order valence-corrected chi connectivity index (χ3v) is 4.43. The average molecular weight is 399 g/mol. The molecule has 0 aliphatic heterocycles. The van der Waals surface area contributed by atoms with E-state index in [1.807, 2.05) is 57.5 Å². The molecule has 156 valence electrons. The summed E-state index contributed by atoms with van der Waals surface area (Å²) in [6.07, 6.45) is 3.89. The number of carbonyl (C=O) groups is 1. The maximum absolute atomic E-state index is 12.8. The topological polar surface area (TPSA) is 88.4 Å². The van der Waals surface area contributed by atoms with Crippen molar-refractivity contribution in [2.75, 3.05) is 18.5 Å². The van der Waals surface area contributed by atoms with Crippen LogP contribution in [0.1, 0.15) is 41.9 Å². The van der Waals surface area contributed by atoms with E-state index in [0.29, 0.717) is 17.8 Å². The fraction of sp³-hybridized carbons (Fsp3) is 0.364. The SMILES string of the molecule is CC.Cc1ccc(Nc2c(C(=O)NOCCCO)n(C)c3ccncc23)c(C)c1. The highest BCUT2D eigenvalue weighted by Gasteiger charge is 2.22. The molecule has 1 aromatic carbocycles. The van der Waals surface area contributed by atoms with Crippen molar-refractivity contribution < 1.29 is 14.7 Å². The number of hydroxylamine groups is 1. The van der Waals surface area contributed by atoms with E-state index in [1.165, 1.54) is 5.56 Å². The van der Waals surface area contributed by atoms with Crippen LogP contribution in [-0.2, 0) is 11.9 Å². The van der Waals surface area contributed by atoms with E-state index in [1.54, 1.807) is 12.4 Å². The summed E-state index contributed by atoms with van der Waals surface area (Å²) in [5.41, 5.74) is 7.65. The molecule has 1 amide bonds. The number of benzene rings is 1. The summed E-state index contributed by atoms with van der Waals surface area (Å²) in [5.74, 6) is -0.362. The van der Waals surface area contributed by atoms with E-state index in [0.717, 1.165) is 22.2 Å². The third-order valence-electron chi connectivity index (χ3n) is 4.43. The Hall–Kier alpha value is -2.90. The lowest BCUT2D eigenvalue weighted by Gasteiger charge is -2.13. The number of nitrogens with one attached hydrogen (secondary N) is 2. The van der Waals surface area contributed by atoms with Crippen LogP contribution < -0.4 is 10.8 Å². The summed E-state index contributed by atoms with van der Waals surface area (Å²) in [5, 5.41) is 13.1. The van der Waals surface area contributed by atoms with Gasteiger partial charge in [0.15, 0.2) is 0 Å². The first-order chi connectivity index (χ1) is 14.0. The Morgan fingerprint density at radius 2 is 2.00 bits per heavy atom. The van der Waals surface area contributed by atoms with Gasteiger partial charge in [0.25, 0.3) is 5.91 Å². The number of hydrogen-bond donors (Lipinski definition) is 3. The summed E-state index contributed by atoms with van der Waals surface area (Å²) in [6.45, 7) is 8.32. The molecule has 0 unspecified atom stereocenters. The molecule has 0 saturated carbocycles. The predicted molar refractivity (Wildman–Crippen MR) is 116 cm³/mol. The van der Waals surface area contributed by atoms with Crippen LogP contribution in [0.5, 0.6) is 0 Å². The second-order valence-corrected chi connectivity index (χ2v) is 6.48. The Bertz CT molecular complexity index is 966. The Morgan fingerprint density at radius 3 is 2.69 bits per heavy atom. The van der Waals surface area contributed by atoms with Crippen LogP contribution >= 0.6 is 0 Å². The van der Waals surface area contributed by atoms with E-state index in [4.69, 9.17) is 9.94 Å². The molecule has 0 atom stereocenters. The van der Waals surface area contributed by atoms with Crippen molar-refractivity contribution in [3.63, 3.8) is 0 Å². The van der Waals surface area contributed by atoms with Crippen LogP contribution in [0.25, 0.3) is 10.9 Å². The van der Waals surface area contributed by atoms with Crippen molar-refractivity contribution in [2.24, 2.45) is 7.05 Å². The molecule has 0 fully saturated rings. The van der Waals surface area contributed by atoms with Gasteiger partial charge in [-0.2, -0.15) is 0 Å². The van der Waals surface area contributed by atoms with Crippen LogP contribution in [0.15, 0.2) is 36.7 Å². The molecule has 0 bridgehead atoms. The second-order valence-electron chi connectivity index (χ2n) is 6.48.